The normalized spacial score (nSPS) is 13.3. The van der Waals surface area contributed by atoms with E-state index in [0.717, 1.165) is 14.7 Å². The smallest absolute Gasteiger partial charge is 0.378 e. The van der Waals surface area contributed by atoms with E-state index in [1.165, 1.54) is 13.0 Å². The summed E-state index contributed by atoms with van der Waals surface area (Å²) in [5.74, 6) is 0. The highest BCUT2D eigenvalue weighted by molar-refractivity contribution is 9.11. The van der Waals surface area contributed by atoms with E-state index in [-0.39, 0.29) is 11.6 Å². The molecule has 0 saturated heterocycles. The summed E-state index contributed by atoms with van der Waals surface area (Å²) in [7, 11) is 0. The van der Waals surface area contributed by atoms with Crippen LogP contribution in [0.1, 0.15) is 29.0 Å². The van der Waals surface area contributed by atoms with Crippen LogP contribution in [0.3, 0.4) is 0 Å². The molecule has 1 nitrogen and oxygen atoms in total. The molecule has 0 aliphatic carbocycles. The van der Waals surface area contributed by atoms with Gasteiger partial charge in [0.1, 0.15) is 0 Å². The highest BCUT2D eigenvalue weighted by Gasteiger charge is 2.32. The van der Waals surface area contributed by atoms with E-state index in [1.807, 2.05) is 19.1 Å². The van der Waals surface area contributed by atoms with Gasteiger partial charge in [-0.3, -0.25) is 0 Å². The molecule has 0 aliphatic rings. The van der Waals surface area contributed by atoms with E-state index in [2.05, 4.69) is 21.2 Å². The molecule has 2 rings (SSSR count). The van der Waals surface area contributed by atoms with Crippen molar-refractivity contribution in [1.29, 1.82) is 0 Å². The lowest BCUT2D eigenvalue weighted by atomic mass is 10.1. The van der Waals surface area contributed by atoms with Crippen LogP contribution in [0.4, 0.5) is 18.9 Å². The number of thiophene rings is 1. The molecule has 6 heteroatoms. The van der Waals surface area contributed by atoms with E-state index in [9.17, 15) is 13.2 Å². The maximum Gasteiger partial charge on any atom is 0.416 e. The van der Waals surface area contributed by atoms with Crippen LogP contribution in [0, 0.1) is 6.92 Å². The second-order valence-electron chi connectivity index (χ2n) is 4.54. The van der Waals surface area contributed by atoms with Crippen LogP contribution >= 0.6 is 27.3 Å². The van der Waals surface area contributed by atoms with Crippen LogP contribution in [0.2, 0.25) is 0 Å². The summed E-state index contributed by atoms with van der Waals surface area (Å²) in [5, 5.41) is 3.10. The van der Waals surface area contributed by atoms with Crippen LogP contribution in [0.25, 0.3) is 0 Å². The number of aryl methyl sites for hydroxylation is 1. The highest BCUT2D eigenvalue weighted by atomic mass is 79.9. The molecule has 1 aromatic carbocycles. The third-order valence-corrected chi connectivity index (χ3v) is 4.75. The first kappa shape index (κ1) is 15.4. The zero-order valence-electron chi connectivity index (χ0n) is 10.9. The number of nitrogens with one attached hydrogen (secondary N) is 1. The van der Waals surface area contributed by atoms with Crippen molar-refractivity contribution >= 4 is 33.0 Å². The first-order valence-electron chi connectivity index (χ1n) is 5.97. The van der Waals surface area contributed by atoms with Gasteiger partial charge in [0.05, 0.1) is 15.4 Å². The van der Waals surface area contributed by atoms with E-state index in [4.69, 9.17) is 0 Å². The Balaban J connectivity index is 2.22. The Labute approximate surface area is 128 Å². The van der Waals surface area contributed by atoms with Gasteiger partial charge in [0, 0.05) is 10.6 Å². The predicted octanol–water partition coefficient (Wildman–Crippen LogP) is 6.01. The Morgan fingerprint density at radius 3 is 2.45 bits per heavy atom. The summed E-state index contributed by atoms with van der Waals surface area (Å²) in [6, 6.07) is 8.15. The maximum absolute atomic E-state index is 12.9. The first-order chi connectivity index (χ1) is 9.27. The summed E-state index contributed by atoms with van der Waals surface area (Å²) < 4.78 is 39.6. The van der Waals surface area contributed by atoms with Crippen LogP contribution in [-0.2, 0) is 6.18 Å². The minimum atomic E-state index is -4.32. The molecule has 1 heterocycles. The van der Waals surface area contributed by atoms with Crippen molar-refractivity contribution in [3.8, 4) is 0 Å². The zero-order chi connectivity index (χ0) is 14.9. The van der Waals surface area contributed by atoms with Crippen molar-refractivity contribution in [1.82, 2.24) is 0 Å². The molecule has 0 spiro atoms. The molecule has 0 bridgehead atoms. The van der Waals surface area contributed by atoms with Gasteiger partial charge in [-0.2, -0.15) is 13.2 Å². The zero-order valence-corrected chi connectivity index (χ0v) is 13.3. The van der Waals surface area contributed by atoms with E-state index < -0.39 is 11.7 Å². The average Bonchev–Trinajstić information content (AvgIpc) is 2.77. The molecular weight excluding hydrogens is 351 g/mol. The van der Waals surface area contributed by atoms with Crippen LogP contribution < -0.4 is 5.32 Å². The first-order valence-corrected chi connectivity index (χ1v) is 7.58. The molecule has 0 saturated carbocycles. The van der Waals surface area contributed by atoms with Gasteiger partial charge in [-0.05, 0) is 59.6 Å². The van der Waals surface area contributed by atoms with Crippen LogP contribution in [-0.4, -0.2) is 0 Å². The Kier molecular flexibility index (Phi) is 4.44. The second-order valence-corrected chi connectivity index (χ2v) is 7.03. The standard InChI is InChI=1S/C14H13BrF3NS/c1-8-3-4-10(7-11(8)14(16,17)18)19-9(2)12-5-6-13(15)20-12/h3-7,9,19H,1-2H3. The van der Waals surface area contributed by atoms with Gasteiger partial charge in [0.2, 0.25) is 0 Å². The van der Waals surface area contributed by atoms with E-state index in [1.54, 1.807) is 17.4 Å². The van der Waals surface area contributed by atoms with Gasteiger partial charge >= 0.3 is 6.18 Å². The Bertz CT molecular complexity index is 607. The Morgan fingerprint density at radius 1 is 1.20 bits per heavy atom. The molecule has 1 unspecified atom stereocenters. The van der Waals surface area contributed by atoms with Crippen molar-refractivity contribution in [2.75, 3.05) is 5.32 Å². The number of alkyl halides is 3. The molecule has 0 radical (unpaired) electrons. The summed E-state index contributed by atoms with van der Waals surface area (Å²) in [6.45, 7) is 3.39. The third-order valence-electron chi connectivity index (χ3n) is 2.95. The van der Waals surface area contributed by atoms with Crippen molar-refractivity contribution in [3.05, 3.63) is 50.1 Å². The number of benzene rings is 1. The average molecular weight is 364 g/mol. The Morgan fingerprint density at radius 2 is 1.90 bits per heavy atom. The number of halogens is 4. The molecule has 1 atom stereocenters. The highest BCUT2D eigenvalue weighted by Crippen LogP contribution is 2.35. The molecule has 1 aromatic heterocycles. The SMILES string of the molecule is Cc1ccc(NC(C)c2ccc(Br)s2)cc1C(F)(F)F. The fourth-order valence-electron chi connectivity index (χ4n) is 1.90. The predicted molar refractivity (Wildman–Crippen MR) is 80.2 cm³/mol. The topological polar surface area (TPSA) is 12.0 Å². The number of rotatable bonds is 3. The maximum atomic E-state index is 12.9. The van der Waals surface area contributed by atoms with Gasteiger partial charge in [0.15, 0.2) is 0 Å². The fourth-order valence-corrected chi connectivity index (χ4v) is 3.33. The largest absolute Gasteiger partial charge is 0.416 e. The summed E-state index contributed by atoms with van der Waals surface area (Å²) in [4.78, 5) is 1.06. The second kappa shape index (κ2) is 5.77. The van der Waals surface area contributed by atoms with Gasteiger partial charge in [-0.15, -0.1) is 11.3 Å². The molecular formula is C14H13BrF3NS. The van der Waals surface area contributed by atoms with E-state index in [0.29, 0.717) is 5.69 Å². The van der Waals surface area contributed by atoms with Gasteiger partial charge in [0.25, 0.3) is 0 Å². The summed E-state index contributed by atoms with van der Waals surface area (Å²) >= 11 is 4.94. The van der Waals surface area contributed by atoms with Crippen molar-refractivity contribution < 1.29 is 13.2 Å². The molecule has 2 aromatic rings. The lowest BCUT2D eigenvalue weighted by molar-refractivity contribution is -0.138. The van der Waals surface area contributed by atoms with Gasteiger partial charge in [-0.1, -0.05) is 6.07 Å². The van der Waals surface area contributed by atoms with Gasteiger partial charge < -0.3 is 5.32 Å². The molecule has 0 aliphatic heterocycles. The molecule has 0 fully saturated rings. The lowest BCUT2D eigenvalue weighted by Crippen LogP contribution is -2.10. The third kappa shape index (κ3) is 3.55. The van der Waals surface area contributed by atoms with Crippen molar-refractivity contribution in [2.45, 2.75) is 26.1 Å². The summed E-state index contributed by atoms with van der Waals surface area (Å²) in [5.41, 5.74) is 0.108. The van der Waals surface area contributed by atoms with Crippen LogP contribution in [0.5, 0.6) is 0 Å². The van der Waals surface area contributed by atoms with Gasteiger partial charge in [-0.25, -0.2) is 0 Å². The minimum Gasteiger partial charge on any atom is -0.378 e. The minimum absolute atomic E-state index is 0.0462. The van der Waals surface area contributed by atoms with Crippen molar-refractivity contribution in [3.63, 3.8) is 0 Å². The van der Waals surface area contributed by atoms with E-state index >= 15 is 0 Å². The molecule has 1 N–H and O–H groups in total. The molecule has 0 amide bonds. The van der Waals surface area contributed by atoms with Crippen LogP contribution in [0.15, 0.2) is 34.1 Å². The number of hydrogen-bond donors (Lipinski definition) is 1. The lowest BCUT2D eigenvalue weighted by Gasteiger charge is -2.17. The summed E-state index contributed by atoms with van der Waals surface area (Å²) in [6.07, 6.45) is -4.32. The molecule has 20 heavy (non-hydrogen) atoms. The quantitative estimate of drug-likeness (QED) is 0.703. The Hall–Kier alpha value is -1.01. The fraction of sp³-hybridized carbons (Fsp3) is 0.286. The number of hydrogen-bond acceptors (Lipinski definition) is 2. The molecule has 108 valence electrons. The number of anilines is 1. The van der Waals surface area contributed by atoms with Crippen molar-refractivity contribution in [2.24, 2.45) is 0 Å². The monoisotopic (exact) mass is 363 g/mol.